The monoisotopic (exact) mass is 270 g/mol. The standard InChI is InChI=1S/C13H9ClF2O2/c14-10-3-1-2-8(7-17)13(10)18-9-4-5-11(15)12(16)6-9/h1-6,17H,7H2. The number of aliphatic hydroxyl groups excluding tert-OH is 1. The minimum Gasteiger partial charge on any atom is -0.455 e. The van der Waals surface area contributed by atoms with E-state index in [1.807, 2.05) is 0 Å². The molecule has 0 saturated heterocycles. The zero-order chi connectivity index (χ0) is 13.1. The number of ether oxygens (including phenoxy) is 1. The molecule has 0 saturated carbocycles. The first kappa shape index (κ1) is 12.8. The number of aliphatic hydroxyl groups is 1. The Morgan fingerprint density at radius 2 is 1.89 bits per heavy atom. The normalized spacial score (nSPS) is 10.4. The predicted octanol–water partition coefficient (Wildman–Crippen LogP) is 3.90. The van der Waals surface area contributed by atoms with Gasteiger partial charge in [-0.2, -0.15) is 0 Å². The lowest BCUT2D eigenvalue weighted by molar-refractivity contribution is 0.276. The summed E-state index contributed by atoms with van der Waals surface area (Å²) in [5, 5.41) is 9.43. The molecule has 0 spiro atoms. The summed E-state index contributed by atoms with van der Waals surface area (Å²) in [4.78, 5) is 0. The van der Waals surface area contributed by atoms with Gasteiger partial charge in [0.15, 0.2) is 17.4 Å². The number of para-hydroxylation sites is 1. The van der Waals surface area contributed by atoms with Crippen molar-refractivity contribution in [1.29, 1.82) is 0 Å². The van der Waals surface area contributed by atoms with Crippen LogP contribution in [0.5, 0.6) is 11.5 Å². The Hall–Kier alpha value is -1.65. The van der Waals surface area contributed by atoms with Gasteiger partial charge in [0.2, 0.25) is 0 Å². The van der Waals surface area contributed by atoms with Crippen LogP contribution >= 0.6 is 11.6 Å². The van der Waals surface area contributed by atoms with Crippen molar-refractivity contribution in [2.75, 3.05) is 0 Å². The van der Waals surface area contributed by atoms with Gasteiger partial charge in [0.05, 0.1) is 11.6 Å². The molecule has 0 atom stereocenters. The molecule has 0 bridgehead atoms. The van der Waals surface area contributed by atoms with Gasteiger partial charge in [-0.05, 0) is 18.2 Å². The number of rotatable bonds is 3. The first-order valence-corrected chi connectivity index (χ1v) is 5.50. The molecule has 94 valence electrons. The Labute approximate surface area is 107 Å². The van der Waals surface area contributed by atoms with Crippen LogP contribution in [0.4, 0.5) is 8.78 Å². The number of hydrogen-bond acceptors (Lipinski definition) is 2. The maximum atomic E-state index is 13.0. The van der Waals surface area contributed by atoms with Gasteiger partial charge in [0, 0.05) is 11.6 Å². The third-order valence-corrected chi connectivity index (χ3v) is 2.63. The Morgan fingerprint density at radius 3 is 2.56 bits per heavy atom. The minimum atomic E-state index is -1.01. The summed E-state index contributed by atoms with van der Waals surface area (Å²) in [7, 11) is 0. The zero-order valence-corrected chi connectivity index (χ0v) is 9.92. The highest BCUT2D eigenvalue weighted by atomic mass is 35.5. The Morgan fingerprint density at radius 1 is 1.11 bits per heavy atom. The second-order valence-corrected chi connectivity index (χ2v) is 3.97. The van der Waals surface area contributed by atoms with E-state index in [-0.39, 0.29) is 23.1 Å². The summed E-state index contributed by atoms with van der Waals surface area (Å²) in [6.07, 6.45) is 0. The lowest BCUT2D eigenvalue weighted by atomic mass is 10.2. The second kappa shape index (κ2) is 5.33. The topological polar surface area (TPSA) is 29.5 Å². The molecule has 0 amide bonds. The lowest BCUT2D eigenvalue weighted by Crippen LogP contribution is -1.94. The van der Waals surface area contributed by atoms with Gasteiger partial charge in [-0.1, -0.05) is 23.7 Å². The number of halogens is 3. The molecule has 0 aliphatic carbocycles. The summed E-state index contributed by atoms with van der Waals surface area (Å²) in [5.74, 6) is -1.63. The van der Waals surface area contributed by atoms with Crippen molar-refractivity contribution < 1.29 is 18.6 Å². The maximum Gasteiger partial charge on any atom is 0.162 e. The average molecular weight is 271 g/mol. The van der Waals surface area contributed by atoms with Crippen LogP contribution in [-0.2, 0) is 6.61 Å². The molecule has 18 heavy (non-hydrogen) atoms. The van der Waals surface area contributed by atoms with Gasteiger partial charge < -0.3 is 9.84 Å². The van der Waals surface area contributed by atoms with Crippen LogP contribution < -0.4 is 4.74 Å². The summed E-state index contributed by atoms with van der Waals surface area (Å²) >= 11 is 5.93. The largest absolute Gasteiger partial charge is 0.455 e. The summed E-state index contributed by atoms with van der Waals surface area (Å²) in [6, 6.07) is 8.02. The molecule has 0 unspecified atom stereocenters. The molecular weight excluding hydrogens is 262 g/mol. The second-order valence-electron chi connectivity index (χ2n) is 3.56. The molecule has 2 aromatic rings. The van der Waals surface area contributed by atoms with Gasteiger partial charge in [-0.25, -0.2) is 8.78 Å². The number of benzene rings is 2. The Bertz CT molecular complexity index is 573. The quantitative estimate of drug-likeness (QED) is 0.916. The molecular formula is C13H9ClF2O2. The fourth-order valence-corrected chi connectivity index (χ4v) is 1.68. The van der Waals surface area contributed by atoms with Crippen molar-refractivity contribution in [2.24, 2.45) is 0 Å². The Kier molecular flexibility index (Phi) is 3.79. The zero-order valence-electron chi connectivity index (χ0n) is 9.16. The van der Waals surface area contributed by atoms with Gasteiger partial charge in [0.25, 0.3) is 0 Å². The van der Waals surface area contributed by atoms with Crippen LogP contribution in [-0.4, -0.2) is 5.11 Å². The predicted molar refractivity (Wildman–Crippen MR) is 63.8 cm³/mol. The molecule has 5 heteroatoms. The SMILES string of the molecule is OCc1cccc(Cl)c1Oc1ccc(F)c(F)c1. The van der Waals surface area contributed by atoms with E-state index in [4.69, 9.17) is 21.4 Å². The van der Waals surface area contributed by atoms with Gasteiger partial charge in [0.1, 0.15) is 5.75 Å². The molecule has 2 rings (SSSR count). The molecule has 2 nitrogen and oxygen atoms in total. The van der Waals surface area contributed by atoms with Gasteiger partial charge >= 0.3 is 0 Å². The molecule has 0 radical (unpaired) electrons. The molecule has 0 heterocycles. The fraction of sp³-hybridized carbons (Fsp3) is 0.0769. The molecule has 0 aliphatic heterocycles. The molecule has 2 aromatic carbocycles. The van der Waals surface area contributed by atoms with E-state index >= 15 is 0 Å². The maximum absolute atomic E-state index is 13.0. The third-order valence-electron chi connectivity index (χ3n) is 2.33. The minimum absolute atomic E-state index is 0.108. The first-order chi connectivity index (χ1) is 8.61. The van der Waals surface area contributed by atoms with Crippen molar-refractivity contribution in [3.63, 3.8) is 0 Å². The van der Waals surface area contributed by atoms with E-state index in [2.05, 4.69) is 0 Å². The molecule has 1 N–H and O–H groups in total. The van der Waals surface area contributed by atoms with E-state index in [0.29, 0.717) is 5.56 Å². The molecule has 0 aliphatic rings. The lowest BCUT2D eigenvalue weighted by Gasteiger charge is -2.11. The van der Waals surface area contributed by atoms with E-state index in [1.54, 1.807) is 18.2 Å². The van der Waals surface area contributed by atoms with Crippen LogP contribution in [0.3, 0.4) is 0 Å². The highest BCUT2D eigenvalue weighted by Crippen LogP contribution is 2.33. The molecule has 0 fully saturated rings. The summed E-state index contributed by atoms with van der Waals surface area (Å²) in [5.41, 5.74) is 0.465. The van der Waals surface area contributed by atoms with Crippen molar-refractivity contribution in [2.45, 2.75) is 6.61 Å². The van der Waals surface area contributed by atoms with E-state index in [9.17, 15) is 8.78 Å². The van der Waals surface area contributed by atoms with Crippen molar-refractivity contribution >= 4 is 11.6 Å². The third kappa shape index (κ3) is 2.60. The van der Waals surface area contributed by atoms with E-state index < -0.39 is 11.6 Å². The highest BCUT2D eigenvalue weighted by Gasteiger charge is 2.10. The Balaban J connectivity index is 2.36. The van der Waals surface area contributed by atoms with Gasteiger partial charge in [-0.3, -0.25) is 0 Å². The highest BCUT2D eigenvalue weighted by molar-refractivity contribution is 6.32. The van der Waals surface area contributed by atoms with Crippen molar-refractivity contribution in [3.8, 4) is 11.5 Å². The summed E-state index contributed by atoms with van der Waals surface area (Å²) in [6.45, 7) is -0.264. The van der Waals surface area contributed by atoms with Gasteiger partial charge in [-0.15, -0.1) is 0 Å². The van der Waals surface area contributed by atoms with Crippen LogP contribution in [0.25, 0.3) is 0 Å². The van der Waals surface area contributed by atoms with Crippen molar-refractivity contribution in [1.82, 2.24) is 0 Å². The first-order valence-electron chi connectivity index (χ1n) is 5.13. The van der Waals surface area contributed by atoms with E-state index in [1.165, 1.54) is 6.07 Å². The van der Waals surface area contributed by atoms with Crippen LogP contribution in [0.2, 0.25) is 5.02 Å². The number of hydrogen-bond donors (Lipinski definition) is 1. The van der Waals surface area contributed by atoms with Crippen LogP contribution in [0.15, 0.2) is 36.4 Å². The summed E-state index contributed by atoms with van der Waals surface area (Å²) < 4.78 is 31.2. The fourth-order valence-electron chi connectivity index (χ4n) is 1.45. The molecule has 0 aromatic heterocycles. The van der Waals surface area contributed by atoms with E-state index in [0.717, 1.165) is 12.1 Å². The van der Waals surface area contributed by atoms with Crippen LogP contribution in [0.1, 0.15) is 5.56 Å². The average Bonchev–Trinajstić information content (AvgIpc) is 2.36. The van der Waals surface area contributed by atoms with Crippen LogP contribution in [0, 0.1) is 11.6 Å². The smallest absolute Gasteiger partial charge is 0.162 e. The van der Waals surface area contributed by atoms with Crippen molar-refractivity contribution in [3.05, 3.63) is 58.6 Å².